The number of benzene rings is 1. The molecule has 1 aromatic carbocycles. The van der Waals surface area contributed by atoms with Crippen molar-refractivity contribution < 1.29 is 13.6 Å². The molecule has 1 saturated carbocycles. The predicted octanol–water partition coefficient (Wildman–Crippen LogP) is 0.957. The van der Waals surface area contributed by atoms with Crippen LogP contribution in [0.5, 0.6) is 0 Å². The fourth-order valence-corrected chi connectivity index (χ4v) is 3.47. The van der Waals surface area contributed by atoms with Crippen molar-refractivity contribution >= 4 is 21.5 Å². The van der Waals surface area contributed by atoms with Crippen LogP contribution in [0, 0.1) is 5.92 Å². The monoisotopic (exact) mass is 283 g/mol. The lowest BCUT2D eigenvalue weighted by atomic mass is 10.1. The van der Waals surface area contributed by atoms with Gasteiger partial charge in [-0.05, 0) is 30.9 Å². The minimum Gasteiger partial charge on any atom is -0.409 e. The molecule has 6 nitrogen and oxygen atoms in total. The van der Waals surface area contributed by atoms with Gasteiger partial charge in [0.05, 0.1) is 11.4 Å². The molecular formula is C12H17N3O3S. The molecule has 0 aromatic heterocycles. The Hall–Kier alpha value is -1.76. The van der Waals surface area contributed by atoms with Crippen molar-refractivity contribution in [3.05, 3.63) is 29.8 Å². The van der Waals surface area contributed by atoms with Crippen LogP contribution < -0.4 is 10.0 Å². The zero-order valence-corrected chi connectivity index (χ0v) is 11.5. The molecule has 1 aromatic rings. The van der Waals surface area contributed by atoms with Crippen molar-refractivity contribution in [1.82, 2.24) is 0 Å². The molecule has 0 heterocycles. The lowest BCUT2D eigenvalue weighted by Gasteiger charge is -2.21. The van der Waals surface area contributed by atoms with E-state index in [1.165, 1.54) is 11.4 Å². The van der Waals surface area contributed by atoms with Gasteiger partial charge in [0, 0.05) is 12.6 Å². The first-order valence-electron chi connectivity index (χ1n) is 5.99. The van der Waals surface area contributed by atoms with Gasteiger partial charge in [0.1, 0.15) is 0 Å². The Labute approximate surface area is 112 Å². The molecule has 1 aliphatic carbocycles. The summed E-state index contributed by atoms with van der Waals surface area (Å²) in [6.45, 7) is 0. The Morgan fingerprint density at radius 3 is 2.68 bits per heavy atom. The molecule has 0 amide bonds. The molecular weight excluding hydrogens is 266 g/mol. The Morgan fingerprint density at radius 1 is 1.47 bits per heavy atom. The van der Waals surface area contributed by atoms with E-state index in [1.54, 1.807) is 24.3 Å². The molecule has 0 unspecified atom stereocenters. The first-order chi connectivity index (χ1) is 8.95. The third-order valence-electron chi connectivity index (χ3n) is 3.19. The molecule has 104 valence electrons. The SMILES string of the molecule is CN(c1ccccc1C(N)=NO)S(=O)(=O)CC1CC1. The van der Waals surface area contributed by atoms with Crippen LogP contribution in [0.25, 0.3) is 0 Å². The number of para-hydroxylation sites is 1. The van der Waals surface area contributed by atoms with E-state index in [0.717, 1.165) is 12.8 Å². The molecule has 19 heavy (non-hydrogen) atoms. The summed E-state index contributed by atoms with van der Waals surface area (Å²) < 4.78 is 25.7. The second-order valence-electron chi connectivity index (χ2n) is 4.69. The lowest BCUT2D eigenvalue weighted by molar-refractivity contribution is 0.318. The van der Waals surface area contributed by atoms with Gasteiger partial charge < -0.3 is 10.9 Å². The van der Waals surface area contributed by atoms with Gasteiger partial charge in [0.15, 0.2) is 5.84 Å². The molecule has 0 bridgehead atoms. The summed E-state index contributed by atoms with van der Waals surface area (Å²) in [6, 6.07) is 6.68. The molecule has 0 atom stereocenters. The highest BCUT2D eigenvalue weighted by Crippen LogP contribution is 2.32. The number of amidine groups is 1. The van der Waals surface area contributed by atoms with Gasteiger partial charge in [0.25, 0.3) is 0 Å². The standard InChI is InChI=1S/C12H17N3O3S/c1-15(19(17,18)8-9-6-7-9)11-5-3-2-4-10(11)12(13)14-16/h2-5,9,16H,6-8H2,1H3,(H2,13,14). The molecule has 1 aliphatic rings. The number of sulfonamides is 1. The minimum atomic E-state index is -3.37. The van der Waals surface area contributed by atoms with Gasteiger partial charge in [-0.1, -0.05) is 17.3 Å². The van der Waals surface area contributed by atoms with Crippen molar-refractivity contribution in [1.29, 1.82) is 0 Å². The molecule has 0 aliphatic heterocycles. The summed E-state index contributed by atoms with van der Waals surface area (Å²) in [4.78, 5) is 0. The first kappa shape index (κ1) is 13.7. The van der Waals surface area contributed by atoms with E-state index in [0.29, 0.717) is 11.3 Å². The molecule has 0 spiro atoms. The third kappa shape index (κ3) is 2.98. The number of nitrogens with two attached hydrogens (primary N) is 1. The largest absolute Gasteiger partial charge is 0.409 e. The second kappa shape index (κ2) is 5.08. The summed E-state index contributed by atoms with van der Waals surface area (Å²) in [5.41, 5.74) is 6.38. The van der Waals surface area contributed by atoms with Crippen molar-refractivity contribution in [2.24, 2.45) is 16.8 Å². The van der Waals surface area contributed by atoms with Gasteiger partial charge in [-0.25, -0.2) is 8.42 Å². The average Bonchev–Trinajstić information content (AvgIpc) is 3.20. The number of rotatable bonds is 5. The topological polar surface area (TPSA) is 96.0 Å². The Balaban J connectivity index is 2.35. The van der Waals surface area contributed by atoms with Gasteiger partial charge in [0.2, 0.25) is 10.0 Å². The van der Waals surface area contributed by atoms with E-state index in [2.05, 4.69) is 5.16 Å². The number of hydrogen-bond acceptors (Lipinski definition) is 4. The highest BCUT2D eigenvalue weighted by atomic mass is 32.2. The summed E-state index contributed by atoms with van der Waals surface area (Å²) in [5, 5.41) is 11.7. The maximum atomic E-state index is 12.2. The van der Waals surface area contributed by atoms with Crippen LogP contribution in [0.2, 0.25) is 0 Å². The van der Waals surface area contributed by atoms with Crippen molar-refractivity contribution in [3.63, 3.8) is 0 Å². The lowest BCUT2D eigenvalue weighted by Crippen LogP contribution is -2.31. The van der Waals surface area contributed by atoms with E-state index in [9.17, 15) is 8.42 Å². The van der Waals surface area contributed by atoms with E-state index in [-0.39, 0.29) is 17.5 Å². The molecule has 7 heteroatoms. The van der Waals surface area contributed by atoms with Crippen LogP contribution in [0.4, 0.5) is 5.69 Å². The Bertz CT molecular complexity index is 594. The fraction of sp³-hybridized carbons (Fsp3) is 0.417. The average molecular weight is 283 g/mol. The Morgan fingerprint density at radius 2 is 2.11 bits per heavy atom. The highest BCUT2D eigenvalue weighted by Gasteiger charge is 2.31. The minimum absolute atomic E-state index is 0.107. The zero-order chi connectivity index (χ0) is 14.0. The van der Waals surface area contributed by atoms with Gasteiger partial charge in [-0.2, -0.15) is 0 Å². The smallest absolute Gasteiger partial charge is 0.235 e. The molecule has 1 fully saturated rings. The Kier molecular flexibility index (Phi) is 3.66. The quantitative estimate of drug-likeness (QED) is 0.364. The maximum absolute atomic E-state index is 12.2. The number of hydrogen-bond donors (Lipinski definition) is 2. The summed E-state index contributed by atoms with van der Waals surface area (Å²) >= 11 is 0. The van der Waals surface area contributed by atoms with E-state index in [1.807, 2.05) is 0 Å². The molecule has 2 rings (SSSR count). The maximum Gasteiger partial charge on any atom is 0.235 e. The van der Waals surface area contributed by atoms with Crippen LogP contribution in [0.3, 0.4) is 0 Å². The van der Waals surface area contributed by atoms with Crippen LogP contribution in [0.15, 0.2) is 29.4 Å². The van der Waals surface area contributed by atoms with Gasteiger partial charge >= 0.3 is 0 Å². The third-order valence-corrected chi connectivity index (χ3v) is 5.11. The molecule has 0 radical (unpaired) electrons. The van der Waals surface area contributed by atoms with Gasteiger partial charge in [-0.15, -0.1) is 0 Å². The first-order valence-corrected chi connectivity index (χ1v) is 7.60. The molecule has 0 saturated heterocycles. The molecule has 3 N–H and O–H groups in total. The predicted molar refractivity (Wildman–Crippen MR) is 73.9 cm³/mol. The fourth-order valence-electron chi connectivity index (χ4n) is 1.86. The number of oxime groups is 1. The summed E-state index contributed by atoms with van der Waals surface area (Å²) in [6.07, 6.45) is 1.93. The van der Waals surface area contributed by atoms with E-state index < -0.39 is 10.0 Å². The van der Waals surface area contributed by atoms with Crippen LogP contribution in [-0.2, 0) is 10.0 Å². The summed E-state index contributed by atoms with van der Waals surface area (Å²) in [5.74, 6) is 0.307. The van der Waals surface area contributed by atoms with Crippen LogP contribution in [-0.4, -0.2) is 32.3 Å². The van der Waals surface area contributed by atoms with Crippen molar-refractivity contribution in [2.75, 3.05) is 17.1 Å². The second-order valence-corrected chi connectivity index (χ2v) is 6.74. The van der Waals surface area contributed by atoms with Crippen LogP contribution in [0.1, 0.15) is 18.4 Å². The van der Waals surface area contributed by atoms with Gasteiger partial charge in [-0.3, -0.25) is 4.31 Å². The van der Waals surface area contributed by atoms with Crippen molar-refractivity contribution in [2.45, 2.75) is 12.8 Å². The van der Waals surface area contributed by atoms with E-state index in [4.69, 9.17) is 10.9 Å². The number of nitrogens with zero attached hydrogens (tertiary/aromatic N) is 2. The van der Waals surface area contributed by atoms with Crippen LogP contribution >= 0.6 is 0 Å². The summed E-state index contributed by atoms with van der Waals surface area (Å²) in [7, 11) is -1.89. The highest BCUT2D eigenvalue weighted by molar-refractivity contribution is 7.92. The number of anilines is 1. The van der Waals surface area contributed by atoms with Crippen molar-refractivity contribution in [3.8, 4) is 0 Å². The zero-order valence-electron chi connectivity index (χ0n) is 10.7. The normalized spacial score (nSPS) is 16.4. The van der Waals surface area contributed by atoms with E-state index >= 15 is 0 Å².